The first kappa shape index (κ1) is 19.3. The molecule has 1 aromatic carbocycles. The molecule has 0 saturated carbocycles. The van der Waals surface area contributed by atoms with Crippen LogP contribution < -0.4 is 5.32 Å². The molecule has 27 heavy (non-hydrogen) atoms. The number of urea groups is 1. The lowest BCUT2D eigenvalue weighted by Gasteiger charge is -2.31. The molecule has 2 aromatic rings. The predicted molar refractivity (Wildman–Crippen MR) is 104 cm³/mol. The summed E-state index contributed by atoms with van der Waals surface area (Å²) in [6.45, 7) is 3.92. The smallest absolute Gasteiger partial charge is 0.321 e. The van der Waals surface area contributed by atoms with Crippen molar-refractivity contribution in [1.29, 1.82) is 0 Å². The SMILES string of the molecule is CCn1c(C2CCN(C(=O)Nc3ccc([N+](=O)[O-])cc3Cl)CC2)n[nH]c1=S. The van der Waals surface area contributed by atoms with Gasteiger partial charge in [0.25, 0.3) is 5.69 Å². The van der Waals surface area contributed by atoms with Crippen molar-refractivity contribution in [3.8, 4) is 0 Å². The molecule has 0 unspecified atom stereocenters. The van der Waals surface area contributed by atoms with Crippen molar-refractivity contribution in [1.82, 2.24) is 19.7 Å². The van der Waals surface area contributed by atoms with Crippen molar-refractivity contribution in [3.63, 3.8) is 0 Å². The number of piperidine rings is 1. The highest BCUT2D eigenvalue weighted by atomic mass is 35.5. The van der Waals surface area contributed by atoms with E-state index in [4.69, 9.17) is 23.8 Å². The van der Waals surface area contributed by atoms with Crippen LogP contribution in [0.4, 0.5) is 16.2 Å². The van der Waals surface area contributed by atoms with Gasteiger partial charge in [0.2, 0.25) is 0 Å². The number of carbonyl (C=O) groups is 1. The second-order valence-corrected chi connectivity index (χ2v) is 7.04. The third kappa shape index (κ3) is 4.11. The van der Waals surface area contributed by atoms with E-state index in [9.17, 15) is 14.9 Å². The van der Waals surface area contributed by atoms with Crippen LogP contribution >= 0.6 is 23.8 Å². The maximum absolute atomic E-state index is 12.5. The van der Waals surface area contributed by atoms with Gasteiger partial charge in [0.05, 0.1) is 15.6 Å². The topological polar surface area (TPSA) is 109 Å². The van der Waals surface area contributed by atoms with E-state index in [1.165, 1.54) is 18.2 Å². The van der Waals surface area contributed by atoms with Crippen LogP contribution in [-0.4, -0.2) is 43.7 Å². The fourth-order valence-electron chi connectivity index (χ4n) is 3.20. The van der Waals surface area contributed by atoms with Crippen molar-refractivity contribution in [2.45, 2.75) is 32.2 Å². The van der Waals surface area contributed by atoms with E-state index in [0.29, 0.717) is 23.5 Å². The molecule has 0 radical (unpaired) electrons. The van der Waals surface area contributed by atoms with E-state index in [0.717, 1.165) is 25.2 Å². The minimum atomic E-state index is -0.534. The highest BCUT2D eigenvalue weighted by Crippen LogP contribution is 2.29. The minimum absolute atomic E-state index is 0.122. The number of nitrogens with zero attached hydrogens (tertiary/aromatic N) is 4. The number of nitro benzene ring substituents is 1. The molecule has 1 aliphatic rings. The number of aromatic nitrogens is 3. The molecule has 3 rings (SSSR count). The zero-order valence-electron chi connectivity index (χ0n) is 14.6. The number of hydrogen-bond donors (Lipinski definition) is 2. The van der Waals surface area contributed by atoms with E-state index in [2.05, 4.69) is 15.5 Å². The highest BCUT2D eigenvalue weighted by Gasteiger charge is 2.27. The lowest BCUT2D eigenvalue weighted by atomic mass is 9.96. The van der Waals surface area contributed by atoms with Crippen molar-refractivity contribution in [2.24, 2.45) is 0 Å². The number of halogens is 1. The second kappa shape index (κ2) is 8.05. The number of non-ortho nitro benzene ring substituents is 1. The Morgan fingerprint density at radius 1 is 1.48 bits per heavy atom. The van der Waals surface area contributed by atoms with Gasteiger partial charge in [0.15, 0.2) is 4.77 Å². The summed E-state index contributed by atoms with van der Waals surface area (Å²) in [5.41, 5.74) is 0.226. The molecule has 2 amide bonds. The lowest BCUT2D eigenvalue weighted by Crippen LogP contribution is -2.41. The van der Waals surface area contributed by atoms with E-state index >= 15 is 0 Å². The third-order valence-corrected chi connectivity index (χ3v) is 5.28. The second-order valence-electron chi connectivity index (χ2n) is 6.24. The number of hydrogen-bond acceptors (Lipinski definition) is 5. The molecule has 11 heteroatoms. The summed E-state index contributed by atoms with van der Waals surface area (Å²) >= 11 is 11.3. The number of likely N-dealkylation sites (tertiary alicyclic amines) is 1. The lowest BCUT2D eigenvalue weighted by molar-refractivity contribution is -0.384. The standard InChI is InChI=1S/C16H19ClN6O3S/c1-2-22-14(19-20-16(22)27)10-5-7-21(8-6-10)15(24)18-13-4-3-11(23(25)26)9-12(13)17/h3-4,9-10H,2,5-8H2,1H3,(H,18,24)(H,20,27). The zero-order valence-corrected chi connectivity index (χ0v) is 16.2. The number of anilines is 1. The molecule has 2 heterocycles. The number of benzene rings is 1. The first-order chi connectivity index (χ1) is 12.9. The van der Waals surface area contributed by atoms with Gasteiger partial charge in [-0.25, -0.2) is 4.79 Å². The van der Waals surface area contributed by atoms with Gasteiger partial charge in [0, 0.05) is 37.7 Å². The summed E-state index contributed by atoms with van der Waals surface area (Å²) in [4.78, 5) is 24.4. The summed E-state index contributed by atoms with van der Waals surface area (Å²) in [7, 11) is 0. The number of carbonyl (C=O) groups excluding carboxylic acids is 1. The molecule has 0 aliphatic carbocycles. The molecule has 144 valence electrons. The Bertz CT molecular complexity index is 919. The van der Waals surface area contributed by atoms with Crippen LogP contribution in [0.25, 0.3) is 0 Å². The number of rotatable bonds is 4. The Morgan fingerprint density at radius 3 is 2.78 bits per heavy atom. The Morgan fingerprint density at radius 2 is 2.19 bits per heavy atom. The van der Waals surface area contributed by atoms with E-state index in [1.807, 2.05) is 11.5 Å². The van der Waals surface area contributed by atoms with Crippen molar-refractivity contribution >= 4 is 41.2 Å². The maximum atomic E-state index is 12.5. The van der Waals surface area contributed by atoms with Gasteiger partial charge in [0.1, 0.15) is 5.82 Å². The molecular weight excluding hydrogens is 392 g/mol. The van der Waals surface area contributed by atoms with Gasteiger partial charge in [-0.2, -0.15) is 5.10 Å². The largest absolute Gasteiger partial charge is 0.324 e. The minimum Gasteiger partial charge on any atom is -0.324 e. The summed E-state index contributed by atoms with van der Waals surface area (Å²) in [5, 5.41) is 20.8. The van der Waals surface area contributed by atoms with Crippen LogP contribution in [0.2, 0.25) is 5.02 Å². The number of aromatic amines is 1. The highest BCUT2D eigenvalue weighted by molar-refractivity contribution is 7.71. The van der Waals surface area contributed by atoms with E-state index < -0.39 is 4.92 Å². The molecule has 0 spiro atoms. The molecule has 0 atom stereocenters. The van der Waals surface area contributed by atoms with Crippen LogP contribution in [0, 0.1) is 14.9 Å². The van der Waals surface area contributed by atoms with Gasteiger partial charge in [-0.15, -0.1) is 0 Å². The van der Waals surface area contributed by atoms with Crippen LogP contribution in [-0.2, 0) is 6.54 Å². The number of amides is 2. The van der Waals surface area contributed by atoms with Gasteiger partial charge < -0.3 is 14.8 Å². The van der Waals surface area contributed by atoms with E-state index in [1.54, 1.807) is 4.90 Å². The average molecular weight is 411 g/mol. The molecule has 1 fully saturated rings. The Hall–Kier alpha value is -2.46. The fraction of sp³-hybridized carbons (Fsp3) is 0.438. The molecule has 2 N–H and O–H groups in total. The summed E-state index contributed by atoms with van der Waals surface area (Å²) in [6, 6.07) is 3.68. The van der Waals surface area contributed by atoms with Crippen LogP contribution in [0.3, 0.4) is 0 Å². The van der Waals surface area contributed by atoms with Crippen molar-refractivity contribution in [2.75, 3.05) is 18.4 Å². The summed E-state index contributed by atoms with van der Waals surface area (Å²) < 4.78 is 2.59. The molecule has 9 nitrogen and oxygen atoms in total. The summed E-state index contributed by atoms with van der Waals surface area (Å²) in [5.74, 6) is 1.17. The Balaban J connectivity index is 1.62. The molecule has 0 bridgehead atoms. The van der Waals surface area contributed by atoms with Gasteiger partial charge >= 0.3 is 6.03 Å². The first-order valence-corrected chi connectivity index (χ1v) is 9.34. The molecular formula is C16H19ClN6O3S. The average Bonchev–Trinajstić information content (AvgIpc) is 3.03. The van der Waals surface area contributed by atoms with Gasteiger partial charge in [-0.05, 0) is 38.0 Å². The molecule has 1 aromatic heterocycles. The van der Waals surface area contributed by atoms with Gasteiger partial charge in [-0.1, -0.05) is 11.6 Å². The quantitative estimate of drug-likeness (QED) is 0.450. The molecule has 1 saturated heterocycles. The van der Waals surface area contributed by atoms with Crippen LogP contribution in [0.15, 0.2) is 18.2 Å². The number of nitrogens with one attached hydrogen (secondary N) is 2. The fourth-order valence-corrected chi connectivity index (χ4v) is 3.69. The van der Waals surface area contributed by atoms with Crippen LogP contribution in [0.5, 0.6) is 0 Å². The third-order valence-electron chi connectivity index (χ3n) is 4.66. The van der Waals surface area contributed by atoms with Gasteiger partial charge in [-0.3, -0.25) is 15.2 Å². The maximum Gasteiger partial charge on any atom is 0.321 e. The van der Waals surface area contributed by atoms with Crippen molar-refractivity contribution in [3.05, 3.63) is 43.9 Å². The molecule has 1 aliphatic heterocycles. The first-order valence-electron chi connectivity index (χ1n) is 8.55. The zero-order chi connectivity index (χ0) is 19.6. The number of H-pyrrole nitrogens is 1. The summed E-state index contributed by atoms with van der Waals surface area (Å²) in [6.07, 6.45) is 1.56. The number of nitro groups is 1. The van der Waals surface area contributed by atoms with E-state index in [-0.39, 0.29) is 22.7 Å². The monoisotopic (exact) mass is 410 g/mol. The van der Waals surface area contributed by atoms with Crippen LogP contribution in [0.1, 0.15) is 31.5 Å². The Kier molecular flexibility index (Phi) is 5.76. The van der Waals surface area contributed by atoms with Crippen molar-refractivity contribution < 1.29 is 9.72 Å². The Labute approximate surface area is 165 Å². The predicted octanol–water partition coefficient (Wildman–Crippen LogP) is 3.93. The normalized spacial score (nSPS) is 15.0.